The second-order valence-electron chi connectivity index (χ2n) is 4.83. The SMILES string of the molecule is Cc1ccc(NC(=O)CCNC2CC2)cc1C. The number of amides is 1. The Balaban J connectivity index is 1.77. The molecular weight excluding hydrogens is 212 g/mol. The molecule has 3 heteroatoms. The lowest BCUT2D eigenvalue weighted by Crippen LogP contribution is -2.23. The quantitative estimate of drug-likeness (QED) is 0.818. The summed E-state index contributed by atoms with van der Waals surface area (Å²) in [5.41, 5.74) is 3.35. The first-order valence-corrected chi connectivity index (χ1v) is 6.25. The lowest BCUT2D eigenvalue weighted by molar-refractivity contribution is -0.116. The number of hydrogen-bond donors (Lipinski definition) is 2. The normalized spacial score (nSPS) is 14.7. The van der Waals surface area contributed by atoms with E-state index in [0.29, 0.717) is 12.5 Å². The van der Waals surface area contributed by atoms with E-state index < -0.39 is 0 Å². The molecule has 0 heterocycles. The van der Waals surface area contributed by atoms with Gasteiger partial charge in [-0.25, -0.2) is 0 Å². The van der Waals surface area contributed by atoms with Crippen LogP contribution in [0, 0.1) is 13.8 Å². The maximum Gasteiger partial charge on any atom is 0.225 e. The molecule has 1 saturated carbocycles. The van der Waals surface area contributed by atoms with Gasteiger partial charge in [-0.3, -0.25) is 4.79 Å². The Hall–Kier alpha value is -1.35. The van der Waals surface area contributed by atoms with E-state index in [0.717, 1.165) is 12.2 Å². The molecule has 1 aromatic rings. The molecule has 0 spiro atoms. The molecule has 3 nitrogen and oxygen atoms in total. The van der Waals surface area contributed by atoms with E-state index in [1.54, 1.807) is 0 Å². The Morgan fingerprint density at radius 1 is 1.29 bits per heavy atom. The molecule has 17 heavy (non-hydrogen) atoms. The van der Waals surface area contributed by atoms with Crippen LogP contribution >= 0.6 is 0 Å². The van der Waals surface area contributed by atoms with Gasteiger partial charge in [-0.05, 0) is 49.9 Å². The van der Waals surface area contributed by atoms with Gasteiger partial charge in [-0.2, -0.15) is 0 Å². The number of carbonyl (C=O) groups is 1. The van der Waals surface area contributed by atoms with Crippen molar-refractivity contribution in [3.63, 3.8) is 0 Å². The fourth-order valence-electron chi connectivity index (χ4n) is 1.72. The Morgan fingerprint density at radius 2 is 2.06 bits per heavy atom. The maximum absolute atomic E-state index is 11.7. The molecule has 1 aromatic carbocycles. The molecule has 0 aromatic heterocycles. The summed E-state index contributed by atoms with van der Waals surface area (Å²) in [6.07, 6.45) is 3.07. The topological polar surface area (TPSA) is 41.1 Å². The molecular formula is C14H20N2O. The van der Waals surface area contributed by atoms with Crippen LogP contribution in [0.1, 0.15) is 30.4 Å². The van der Waals surface area contributed by atoms with E-state index in [1.807, 2.05) is 18.2 Å². The zero-order valence-corrected chi connectivity index (χ0v) is 10.5. The summed E-state index contributed by atoms with van der Waals surface area (Å²) in [6, 6.07) is 6.67. The fourth-order valence-corrected chi connectivity index (χ4v) is 1.72. The molecule has 2 rings (SSSR count). The monoisotopic (exact) mass is 232 g/mol. The lowest BCUT2D eigenvalue weighted by Gasteiger charge is -2.08. The highest BCUT2D eigenvalue weighted by molar-refractivity contribution is 5.90. The van der Waals surface area contributed by atoms with Crippen LogP contribution < -0.4 is 10.6 Å². The van der Waals surface area contributed by atoms with Gasteiger partial charge < -0.3 is 10.6 Å². The van der Waals surface area contributed by atoms with Crippen molar-refractivity contribution in [3.05, 3.63) is 29.3 Å². The van der Waals surface area contributed by atoms with Crippen LogP contribution in [0.2, 0.25) is 0 Å². The van der Waals surface area contributed by atoms with Crippen molar-refractivity contribution in [3.8, 4) is 0 Å². The average Bonchev–Trinajstić information content (AvgIpc) is 3.07. The molecule has 1 aliphatic carbocycles. The standard InChI is InChI=1S/C14H20N2O/c1-10-3-4-13(9-11(10)2)16-14(17)7-8-15-12-5-6-12/h3-4,9,12,15H,5-8H2,1-2H3,(H,16,17). The molecule has 1 amide bonds. The summed E-state index contributed by atoms with van der Waals surface area (Å²) in [5.74, 6) is 0.0846. The molecule has 92 valence electrons. The Bertz CT molecular complexity index is 411. The lowest BCUT2D eigenvalue weighted by atomic mass is 10.1. The molecule has 0 aliphatic heterocycles. The molecule has 0 atom stereocenters. The first kappa shape index (κ1) is 12.1. The van der Waals surface area contributed by atoms with Crippen molar-refractivity contribution in [2.75, 3.05) is 11.9 Å². The summed E-state index contributed by atoms with van der Waals surface area (Å²) in [6.45, 7) is 4.90. The largest absolute Gasteiger partial charge is 0.326 e. The van der Waals surface area contributed by atoms with E-state index in [1.165, 1.54) is 24.0 Å². The number of anilines is 1. The van der Waals surface area contributed by atoms with Crippen molar-refractivity contribution in [1.82, 2.24) is 5.32 Å². The molecule has 1 fully saturated rings. The first-order valence-electron chi connectivity index (χ1n) is 6.25. The van der Waals surface area contributed by atoms with Crippen molar-refractivity contribution in [2.24, 2.45) is 0 Å². The minimum absolute atomic E-state index is 0.0846. The third kappa shape index (κ3) is 3.86. The van der Waals surface area contributed by atoms with Crippen LogP contribution in [0.15, 0.2) is 18.2 Å². The fraction of sp³-hybridized carbons (Fsp3) is 0.500. The first-order chi connectivity index (χ1) is 8.15. The van der Waals surface area contributed by atoms with Gasteiger partial charge >= 0.3 is 0 Å². The zero-order chi connectivity index (χ0) is 12.3. The van der Waals surface area contributed by atoms with E-state index in [4.69, 9.17) is 0 Å². The number of carbonyl (C=O) groups excluding carboxylic acids is 1. The Labute approximate surface area is 103 Å². The molecule has 0 unspecified atom stereocenters. The van der Waals surface area contributed by atoms with Crippen LogP contribution in [-0.2, 0) is 4.79 Å². The summed E-state index contributed by atoms with van der Waals surface area (Å²) in [4.78, 5) is 11.7. The minimum atomic E-state index is 0.0846. The number of rotatable bonds is 5. The van der Waals surface area contributed by atoms with Gasteiger partial charge in [0.15, 0.2) is 0 Å². The predicted octanol–water partition coefficient (Wildman–Crippen LogP) is 2.38. The van der Waals surface area contributed by atoms with E-state index >= 15 is 0 Å². The highest BCUT2D eigenvalue weighted by Crippen LogP contribution is 2.18. The maximum atomic E-state index is 11.7. The van der Waals surface area contributed by atoms with Crippen LogP contribution in [0.5, 0.6) is 0 Å². The van der Waals surface area contributed by atoms with Gasteiger partial charge in [0.2, 0.25) is 5.91 Å². The number of benzene rings is 1. The molecule has 0 saturated heterocycles. The summed E-state index contributed by atoms with van der Waals surface area (Å²) in [7, 11) is 0. The summed E-state index contributed by atoms with van der Waals surface area (Å²) in [5, 5.41) is 6.26. The van der Waals surface area contributed by atoms with Crippen molar-refractivity contribution >= 4 is 11.6 Å². The minimum Gasteiger partial charge on any atom is -0.326 e. The smallest absolute Gasteiger partial charge is 0.225 e. The Morgan fingerprint density at radius 3 is 2.71 bits per heavy atom. The number of aryl methyl sites for hydroxylation is 2. The Kier molecular flexibility index (Phi) is 3.79. The van der Waals surface area contributed by atoms with Crippen LogP contribution in [0.4, 0.5) is 5.69 Å². The second kappa shape index (κ2) is 5.32. The van der Waals surface area contributed by atoms with Crippen molar-refractivity contribution in [1.29, 1.82) is 0 Å². The van der Waals surface area contributed by atoms with Crippen molar-refractivity contribution < 1.29 is 4.79 Å². The third-order valence-electron chi connectivity index (χ3n) is 3.15. The number of nitrogens with one attached hydrogen (secondary N) is 2. The van der Waals surface area contributed by atoms with Gasteiger partial charge in [-0.1, -0.05) is 6.07 Å². The van der Waals surface area contributed by atoms with Crippen LogP contribution in [0.3, 0.4) is 0 Å². The van der Waals surface area contributed by atoms with Gasteiger partial charge in [-0.15, -0.1) is 0 Å². The molecule has 0 radical (unpaired) electrons. The van der Waals surface area contributed by atoms with Crippen LogP contribution in [-0.4, -0.2) is 18.5 Å². The van der Waals surface area contributed by atoms with Gasteiger partial charge in [0.05, 0.1) is 0 Å². The molecule has 1 aliphatic rings. The van der Waals surface area contributed by atoms with E-state index in [-0.39, 0.29) is 5.91 Å². The van der Waals surface area contributed by atoms with Gasteiger partial charge in [0, 0.05) is 24.7 Å². The molecule has 0 bridgehead atoms. The zero-order valence-electron chi connectivity index (χ0n) is 10.5. The van der Waals surface area contributed by atoms with Gasteiger partial charge in [0.25, 0.3) is 0 Å². The number of hydrogen-bond acceptors (Lipinski definition) is 2. The highest BCUT2D eigenvalue weighted by Gasteiger charge is 2.20. The molecule has 2 N–H and O–H groups in total. The summed E-state index contributed by atoms with van der Waals surface area (Å²) >= 11 is 0. The predicted molar refractivity (Wildman–Crippen MR) is 70.2 cm³/mol. The average molecular weight is 232 g/mol. The highest BCUT2D eigenvalue weighted by atomic mass is 16.1. The van der Waals surface area contributed by atoms with Gasteiger partial charge in [0.1, 0.15) is 0 Å². The van der Waals surface area contributed by atoms with E-state index in [2.05, 4.69) is 24.5 Å². The van der Waals surface area contributed by atoms with E-state index in [9.17, 15) is 4.79 Å². The van der Waals surface area contributed by atoms with Crippen LogP contribution in [0.25, 0.3) is 0 Å². The van der Waals surface area contributed by atoms with Crippen molar-refractivity contribution in [2.45, 2.75) is 39.2 Å². The third-order valence-corrected chi connectivity index (χ3v) is 3.15. The summed E-state index contributed by atoms with van der Waals surface area (Å²) < 4.78 is 0. The second-order valence-corrected chi connectivity index (χ2v) is 4.83.